The third-order valence-electron chi connectivity index (χ3n) is 1.24. The molecule has 0 N–H and O–H groups in total. The number of nitrogens with zero attached hydrogens (tertiary/aromatic N) is 2. The van der Waals surface area contributed by atoms with E-state index in [1.54, 1.807) is 17.1 Å². The minimum atomic E-state index is 0.741. The molecule has 0 atom stereocenters. The predicted molar refractivity (Wildman–Crippen MR) is 35.8 cm³/mol. The van der Waals surface area contributed by atoms with Gasteiger partial charge in [0.1, 0.15) is 0 Å². The Hall–Kier alpha value is -1.51. The van der Waals surface area contributed by atoms with Crippen molar-refractivity contribution in [2.75, 3.05) is 0 Å². The molecule has 0 radical (unpaired) electrons. The lowest BCUT2D eigenvalue weighted by atomic mass is 10.6. The number of rotatable bonds is 1. The second kappa shape index (κ2) is 2.02. The van der Waals surface area contributed by atoms with Gasteiger partial charge in [0, 0.05) is 18.5 Å². The monoisotopic (exact) mass is 134 g/mol. The smallest absolute Gasteiger partial charge is 0.219 e. The van der Waals surface area contributed by atoms with E-state index in [9.17, 15) is 0 Å². The van der Waals surface area contributed by atoms with Crippen LogP contribution in [0.3, 0.4) is 0 Å². The fourth-order valence-corrected chi connectivity index (χ4v) is 0.799. The van der Waals surface area contributed by atoms with Gasteiger partial charge in [0.15, 0.2) is 0 Å². The Morgan fingerprint density at radius 3 is 3.00 bits per heavy atom. The SMILES string of the molecule is c1coc(-n2cccn2)c1. The number of hydrogen-bond donors (Lipinski definition) is 0. The Kier molecular flexibility index (Phi) is 1.07. The average Bonchev–Trinajstić information content (AvgIpc) is 2.59. The van der Waals surface area contributed by atoms with Gasteiger partial charge in [-0.3, -0.25) is 0 Å². The molecule has 0 spiro atoms. The lowest BCUT2D eigenvalue weighted by Crippen LogP contribution is -1.89. The van der Waals surface area contributed by atoms with Crippen LogP contribution in [0.4, 0.5) is 0 Å². The molecule has 0 bridgehead atoms. The van der Waals surface area contributed by atoms with Gasteiger partial charge in [-0.2, -0.15) is 5.10 Å². The summed E-state index contributed by atoms with van der Waals surface area (Å²) in [5.41, 5.74) is 0. The molecule has 0 aliphatic carbocycles. The molecular weight excluding hydrogens is 128 g/mol. The van der Waals surface area contributed by atoms with Crippen LogP contribution in [0.1, 0.15) is 0 Å². The van der Waals surface area contributed by atoms with E-state index in [2.05, 4.69) is 5.10 Å². The van der Waals surface area contributed by atoms with Gasteiger partial charge in [0.25, 0.3) is 0 Å². The molecule has 3 nitrogen and oxygen atoms in total. The van der Waals surface area contributed by atoms with Crippen molar-refractivity contribution in [2.24, 2.45) is 0 Å². The standard InChI is InChI=1S/C7H6N2O/c1-3-7(10-6-1)9-5-2-4-8-9/h1-6H. The lowest BCUT2D eigenvalue weighted by molar-refractivity contribution is 0.522. The maximum absolute atomic E-state index is 5.08. The topological polar surface area (TPSA) is 31.0 Å². The molecule has 0 unspecified atom stereocenters. The van der Waals surface area contributed by atoms with Crippen molar-refractivity contribution in [3.63, 3.8) is 0 Å². The zero-order valence-electron chi connectivity index (χ0n) is 5.27. The van der Waals surface area contributed by atoms with Crippen LogP contribution in [0.25, 0.3) is 5.88 Å². The van der Waals surface area contributed by atoms with Gasteiger partial charge in [-0.05, 0) is 12.1 Å². The van der Waals surface area contributed by atoms with E-state index in [-0.39, 0.29) is 0 Å². The van der Waals surface area contributed by atoms with Crippen LogP contribution in [0, 0.1) is 0 Å². The van der Waals surface area contributed by atoms with Crippen LogP contribution < -0.4 is 0 Å². The molecule has 2 rings (SSSR count). The third kappa shape index (κ3) is 0.719. The summed E-state index contributed by atoms with van der Waals surface area (Å²) in [5.74, 6) is 0.741. The van der Waals surface area contributed by atoms with Gasteiger partial charge < -0.3 is 4.42 Å². The van der Waals surface area contributed by atoms with E-state index < -0.39 is 0 Å². The molecule has 50 valence electrons. The molecule has 0 amide bonds. The highest BCUT2D eigenvalue weighted by Gasteiger charge is 1.94. The molecule has 2 heterocycles. The lowest BCUT2D eigenvalue weighted by Gasteiger charge is -1.90. The predicted octanol–water partition coefficient (Wildman–Crippen LogP) is 1.47. The summed E-state index contributed by atoms with van der Waals surface area (Å²) in [7, 11) is 0. The van der Waals surface area contributed by atoms with Crippen LogP contribution in [-0.4, -0.2) is 9.78 Å². The van der Waals surface area contributed by atoms with E-state index in [0.717, 1.165) is 5.88 Å². The van der Waals surface area contributed by atoms with Crippen LogP contribution in [0.2, 0.25) is 0 Å². The fraction of sp³-hybridized carbons (Fsp3) is 0. The summed E-state index contributed by atoms with van der Waals surface area (Å²) in [4.78, 5) is 0. The van der Waals surface area contributed by atoms with Gasteiger partial charge in [0.2, 0.25) is 5.88 Å². The summed E-state index contributed by atoms with van der Waals surface area (Å²) < 4.78 is 6.74. The zero-order chi connectivity index (χ0) is 6.81. The van der Waals surface area contributed by atoms with Gasteiger partial charge in [-0.15, -0.1) is 0 Å². The number of hydrogen-bond acceptors (Lipinski definition) is 2. The first-order chi connectivity index (χ1) is 4.97. The van der Waals surface area contributed by atoms with Crippen LogP contribution in [-0.2, 0) is 0 Å². The molecule has 0 fully saturated rings. The molecule has 0 aliphatic rings. The van der Waals surface area contributed by atoms with E-state index in [0.29, 0.717) is 0 Å². The Morgan fingerprint density at radius 1 is 1.40 bits per heavy atom. The molecule has 0 aliphatic heterocycles. The minimum absolute atomic E-state index is 0.741. The Morgan fingerprint density at radius 2 is 2.40 bits per heavy atom. The van der Waals surface area contributed by atoms with Gasteiger partial charge in [-0.25, -0.2) is 4.68 Å². The summed E-state index contributed by atoms with van der Waals surface area (Å²) >= 11 is 0. The van der Waals surface area contributed by atoms with Crippen LogP contribution in [0.15, 0.2) is 41.3 Å². The minimum Gasteiger partial charge on any atom is -0.447 e. The van der Waals surface area contributed by atoms with Crippen molar-refractivity contribution in [2.45, 2.75) is 0 Å². The third-order valence-corrected chi connectivity index (χ3v) is 1.24. The molecule has 0 saturated heterocycles. The van der Waals surface area contributed by atoms with E-state index >= 15 is 0 Å². The fourth-order valence-electron chi connectivity index (χ4n) is 0.799. The second-order valence-electron chi connectivity index (χ2n) is 1.90. The number of aromatic nitrogens is 2. The van der Waals surface area contributed by atoms with Gasteiger partial charge >= 0.3 is 0 Å². The highest BCUT2D eigenvalue weighted by molar-refractivity contribution is 5.15. The van der Waals surface area contributed by atoms with Crippen molar-refractivity contribution < 1.29 is 4.42 Å². The Balaban J connectivity index is 2.48. The normalized spacial score (nSPS) is 10.0. The van der Waals surface area contributed by atoms with E-state index in [1.165, 1.54) is 0 Å². The zero-order valence-corrected chi connectivity index (χ0v) is 5.27. The van der Waals surface area contributed by atoms with Crippen molar-refractivity contribution in [1.82, 2.24) is 9.78 Å². The first kappa shape index (κ1) is 5.29. The summed E-state index contributed by atoms with van der Waals surface area (Å²) in [6.07, 6.45) is 5.17. The summed E-state index contributed by atoms with van der Waals surface area (Å²) in [6.45, 7) is 0. The molecule has 10 heavy (non-hydrogen) atoms. The molecule has 0 aromatic carbocycles. The van der Waals surface area contributed by atoms with Crippen molar-refractivity contribution >= 4 is 0 Å². The van der Waals surface area contributed by atoms with E-state index in [1.807, 2.05) is 24.4 Å². The van der Waals surface area contributed by atoms with Crippen molar-refractivity contribution in [1.29, 1.82) is 0 Å². The summed E-state index contributed by atoms with van der Waals surface area (Å²) in [6, 6.07) is 5.53. The summed E-state index contributed by atoms with van der Waals surface area (Å²) in [5, 5.41) is 3.98. The highest BCUT2D eigenvalue weighted by atomic mass is 16.3. The largest absolute Gasteiger partial charge is 0.447 e. The molecule has 0 saturated carbocycles. The van der Waals surface area contributed by atoms with E-state index in [4.69, 9.17) is 4.42 Å². The van der Waals surface area contributed by atoms with Crippen molar-refractivity contribution in [3.05, 3.63) is 36.9 Å². The molecule has 3 heteroatoms. The molecule has 2 aromatic heterocycles. The first-order valence-electron chi connectivity index (χ1n) is 3.00. The quantitative estimate of drug-likeness (QED) is 0.591. The van der Waals surface area contributed by atoms with Crippen molar-refractivity contribution in [3.8, 4) is 5.88 Å². The second-order valence-corrected chi connectivity index (χ2v) is 1.90. The van der Waals surface area contributed by atoms with Crippen LogP contribution >= 0.6 is 0 Å². The Labute approximate surface area is 57.9 Å². The Bertz CT molecular complexity index is 251. The number of furan rings is 1. The average molecular weight is 134 g/mol. The maximum Gasteiger partial charge on any atom is 0.219 e. The molecular formula is C7H6N2O. The van der Waals surface area contributed by atoms with Gasteiger partial charge in [-0.1, -0.05) is 0 Å². The highest BCUT2D eigenvalue weighted by Crippen LogP contribution is 2.04. The van der Waals surface area contributed by atoms with Gasteiger partial charge in [0.05, 0.1) is 6.26 Å². The van der Waals surface area contributed by atoms with Crippen LogP contribution in [0.5, 0.6) is 0 Å². The maximum atomic E-state index is 5.08. The first-order valence-corrected chi connectivity index (χ1v) is 3.00. The molecule has 2 aromatic rings.